The summed E-state index contributed by atoms with van der Waals surface area (Å²) >= 11 is 0. The van der Waals surface area contributed by atoms with E-state index in [1.165, 1.54) is 16.8 Å². The fourth-order valence-electron chi connectivity index (χ4n) is 6.57. The van der Waals surface area contributed by atoms with Crippen molar-refractivity contribution < 1.29 is 14.6 Å². The summed E-state index contributed by atoms with van der Waals surface area (Å²) in [5.41, 5.74) is 3.64. The zero-order chi connectivity index (χ0) is 21.8. The Morgan fingerprint density at radius 3 is 2.74 bits per heavy atom. The van der Waals surface area contributed by atoms with Crippen LogP contribution >= 0.6 is 0 Å². The lowest BCUT2D eigenvalue weighted by Crippen LogP contribution is -2.55. The first-order valence-electron chi connectivity index (χ1n) is 12.0. The minimum atomic E-state index is -0.516. The molecule has 2 saturated heterocycles. The Bertz CT molecular complexity index is 875. The molecule has 1 saturated carbocycles. The van der Waals surface area contributed by atoms with Crippen LogP contribution in [0.5, 0.6) is 0 Å². The molecule has 4 aliphatic rings. The van der Waals surface area contributed by atoms with Crippen LogP contribution < -0.4 is 4.90 Å². The summed E-state index contributed by atoms with van der Waals surface area (Å²) in [7, 11) is 0. The maximum absolute atomic E-state index is 12.9. The van der Waals surface area contributed by atoms with Gasteiger partial charge in [-0.3, -0.25) is 9.69 Å². The number of rotatable bonds is 3. The molecule has 0 radical (unpaired) electrons. The summed E-state index contributed by atoms with van der Waals surface area (Å²) < 4.78 is 5.85. The fourth-order valence-corrected chi connectivity index (χ4v) is 6.57. The number of esters is 1. The van der Waals surface area contributed by atoms with E-state index >= 15 is 0 Å². The van der Waals surface area contributed by atoms with Crippen LogP contribution in [0.15, 0.2) is 35.9 Å². The van der Waals surface area contributed by atoms with Gasteiger partial charge in [0.05, 0.1) is 12.0 Å². The number of anilines is 1. The molecule has 31 heavy (non-hydrogen) atoms. The molecule has 3 fully saturated rings. The molecule has 1 N–H and O–H groups in total. The molecule has 0 aromatic heterocycles. The first kappa shape index (κ1) is 21.0. The van der Waals surface area contributed by atoms with Gasteiger partial charge in [0, 0.05) is 56.2 Å². The van der Waals surface area contributed by atoms with Crippen molar-refractivity contribution in [2.24, 2.45) is 23.2 Å². The third-order valence-corrected chi connectivity index (χ3v) is 8.76. The number of nitrogens with zero attached hydrogens (tertiary/aromatic N) is 2. The predicted molar refractivity (Wildman–Crippen MR) is 122 cm³/mol. The monoisotopic (exact) mass is 424 g/mol. The quantitative estimate of drug-likeness (QED) is 0.595. The van der Waals surface area contributed by atoms with E-state index in [4.69, 9.17) is 4.74 Å². The third-order valence-electron chi connectivity index (χ3n) is 8.76. The molecule has 0 unspecified atom stereocenters. The second kappa shape index (κ2) is 7.93. The predicted octanol–water partition coefficient (Wildman–Crippen LogP) is 3.40. The lowest BCUT2D eigenvalue weighted by Gasteiger charge is -2.52. The van der Waals surface area contributed by atoms with Gasteiger partial charge in [-0.2, -0.15) is 0 Å². The average Bonchev–Trinajstić information content (AvgIpc) is 3.06. The molecule has 1 aromatic carbocycles. The van der Waals surface area contributed by atoms with Crippen LogP contribution in [0.3, 0.4) is 0 Å². The second-order valence-corrected chi connectivity index (χ2v) is 10.4. The highest BCUT2D eigenvalue weighted by Gasteiger charge is 2.59. The number of hydrogen-bond acceptors (Lipinski definition) is 5. The minimum absolute atomic E-state index is 0.0926. The van der Waals surface area contributed by atoms with Crippen molar-refractivity contribution in [3.63, 3.8) is 0 Å². The Kier molecular flexibility index (Phi) is 5.38. The second-order valence-electron chi connectivity index (χ2n) is 10.4. The number of aliphatic hydroxyl groups is 1. The third kappa shape index (κ3) is 3.50. The van der Waals surface area contributed by atoms with E-state index in [1.807, 2.05) is 0 Å². The van der Waals surface area contributed by atoms with E-state index in [0.29, 0.717) is 12.5 Å². The molecule has 0 bridgehead atoms. The van der Waals surface area contributed by atoms with Gasteiger partial charge in [0.25, 0.3) is 0 Å². The van der Waals surface area contributed by atoms with Crippen LogP contribution in [0.25, 0.3) is 0 Å². The van der Waals surface area contributed by atoms with Crippen LogP contribution in [-0.2, 0) is 9.53 Å². The molecule has 2 aliphatic carbocycles. The molecule has 2 heterocycles. The van der Waals surface area contributed by atoms with Gasteiger partial charge >= 0.3 is 5.97 Å². The van der Waals surface area contributed by atoms with E-state index in [2.05, 4.69) is 60.9 Å². The molecule has 5 rings (SSSR count). The highest BCUT2D eigenvalue weighted by molar-refractivity contribution is 5.76. The SMILES string of the molecule is Cc1cccc(N2CCN(C[C@@H]3C(=O)O[C@H]4CC5=CCC[C@H](C)[C@]5(C)[C@H](O)[C@@H]43)CC2)c1. The Morgan fingerprint density at radius 1 is 1.23 bits per heavy atom. The highest BCUT2D eigenvalue weighted by Crippen LogP contribution is 2.56. The maximum atomic E-state index is 12.9. The van der Waals surface area contributed by atoms with E-state index in [0.717, 1.165) is 45.4 Å². The minimum Gasteiger partial charge on any atom is -0.461 e. The highest BCUT2D eigenvalue weighted by atomic mass is 16.6. The van der Waals surface area contributed by atoms with Gasteiger partial charge < -0.3 is 14.7 Å². The van der Waals surface area contributed by atoms with E-state index < -0.39 is 6.10 Å². The summed E-state index contributed by atoms with van der Waals surface area (Å²) in [6.45, 7) is 11.1. The lowest BCUT2D eigenvalue weighted by molar-refractivity contribution is -0.145. The summed E-state index contributed by atoms with van der Waals surface area (Å²) in [5, 5.41) is 11.5. The normalized spacial score (nSPS) is 38.3. The van der Waals surface area contributed by atoms with Crippen molar-refractivity contribution in [3.8, 4) is 0 Å². The summed E-state index contributed by atoms with van der Waals surface area (Å²) in [6, 6.07) is 8.67. The Hall–Kier alpha value is -1.85. The Labute approximate surface area is 186 Å². The van der Waals surface area contributed by atoms with Crippen molar-refractivity contribution in [2.75, 3.05) is 37.6 Å². The van der Waals surface area contributed by atoms with Crippen molar-refractivity contribution in [2.45, 2.75) is 52.2 Å². The van der Waals surface area contributed by atoms with Gasteiger partial charge in [0.2, 0.25) is 0 Å². The van der Waals surface area contributed by atoms with Gasteiger partial charge in [-0.25, -0.2) is 0 Å². The molecule has 0 amide bonds. The van der Waals surface area contributed by atoms with Gasteiger partial charge in [0.15, 0.2) is 0 Å². The number of hydrogen-bond donors (Lipinski definition) is 1. The largest absolute Gasteiger partial charge is 0.461 e. The summed E-state index contributed by atoms with van der Waals surface area (Å²) in [6.07, 6.45) is 4.59. The molecule has 2 aliphatic heterocycles. The number of piperazine rings is 1. The van der Waals surface area contributed by atoms with Crippen LogP contribution in [0.4, 0.5) is 5.69 Å². The molecular formula is C26H36N2O3. The van der Waals surface area contributed by atoms with Gasteiger partial charge in [-0.1, -0.05) is 37.6 Å². The Balaban J connectivity index is 1.28. The number of ether oxygens (including phenoxy) is 1. The average molecular weight is 425 g/mol. The van der Waals surface area contributed by atoms with Crippen molar-refractivity contribution in [1.29, 1.82) is 0 Å². The molecule has 0 spiro atoms. The zero-order valence-electron chi connectivity index (χ0n) is 19.1. The van der Waals surface area contributed by atoms with Gasteiger partial charge in [0.1, 0.15) is 6.10 Å². The van der Waals surface area contributed by atoms with Crippen molar-refractivity contribution >= 4 is 11.7 Å². The molecule has 5 nitrogen and oxygen atoms in total. The standard InChI is InChI=1S/C26H36N2O3/c1-17-6-4-9-20(14-17)28-12-10-27(11-13-28)16-21-23-22(31-25(21)30)15-19-8-5-7-18(2)26(19,3)24(23)29/h4,6,8-9,14,18,21-24,29H,5,7,10-13,15-16H2,1-3H3/t18-,21-,22-,23+,24+,26-/m0/s1. The zero-order valence-corrected chi connectivity index (χ0v) is 19.1. The first-order valence-corrected chi connectivity index (χ1v) is 12.0. The molecule has 168 valence electrons. The number of aliphatic hydroxyl groups excluding tert-OH is 1. The number of allylic oxidation sites excluding steroid dienone is 1. The number of fused-ring (bicyclic) bond motifs is 2. The smallest absolute Gasteiger partial charge is 0.311 e. The summed E-state index contributed by atoms with van der Waals surface area (Å²) in [5.74, 6) is 0.00589. The molecule has 5 heteroatoms. The lowest BCUT2D eigenvalue weighted by atomic mass is 9.55. The molecule has 6 atom stereocenters. The van der Waals surface area contributed by atoms with Gasteiger partial charge in [-0.15, -0.1) is 0 Å². The molecule has 1 aromatic rings. The van der Waals surface area contributed by atoms with Gasteiger partial charge in [-0.05, 0) is 43.4 Å². The van der Waals surface area contributed by atoms with Crippen molar-refractivity contribution in [3.05, 3.63) is 41.5 Å². The van der Waals surface area contributed by atoms with E-state index in [-0.39, 0.29) is 29.3 Å². The number of carbonyl (C=O) groups is 1. The summed E-state index contributed by atoms with van der Waals surface area (Å²) in [4.78, 5) is 17.7. The van der Waals surface area contributed by atoms with Crippen LogP contribution in [-0.4, -0.2) is 60.9 Å². The topological polar surface area (TPSA) is 53.0 Å². The van der Waals surface area contributed by atoms with Crippen LogP contribution in [0, 0.1) is 30.1 Å². The number of benzene rings is 1. The van der Waals surface area contributed by atoms with E-state index in [1.54, 1.807) is 0 Å². The fraction of sp³-hybridized carbons (Fsp3) is 0.654. The van der Waals surface area contributed by atoms with Crippen LogP contribution in [0.1, 0.15) is 38.7 Å². The molecular weight excluding hydrogens is 388 g/mol. The Morgan fingerprint density at radius 2 is 2.00 bits per heavy atom. The first-order chi connectivity index (χ1) is 14.9. The number of carbonyl (C=O) groups excluding carboxylic acids is 1. The van der Waals surface area contributed by atoms with E-state index in [9.17, 15) is 9.90 Å². The van der Waals surface area contributed by atoms with Crippen molar-refractivity contribution in [1.82, 2.24) is 4.90 Å². The maximum Gasteiger partial charge on any atom is 0.311 e. The number of aryl methyl sites for hydroxylation is 1. The van der Waals surface area contributed by atoms with Crippen LogP contribution in [0.2, 0.25) is 0 Å².